The number of amides is 1. The van der Waals surface area contributed by atoms with Crippen LogP contribution < -0.4 is 9.64 Å². The molecule has 2 aliphatic heterocycles. The van der Waals surface area contributed by atoms with E-state index in [1.165, 1.54) is 16.8 Å². The lowest BCUT2D eigenvalue weighted by Gasteiger charge is -2.38. The Morgan fingerprint density at radius 1 is 0.839 bits per heavy atom. The van der Waals surface area contributed by atoms with E-state index in [4.69, 9.17) is 4.74 Å². The van der Waals surface area contributed by atoms with E-state index in [9.17, 15) is 4.79 Å². The molecule has 0 aromatic heterocycles. The molecule has 2 fully saturated rings. The highest BCUT2D eigenvalue weighted by Gasteiger charge is 2.25. The zero-order valence-electron chi connectivity index (χ0n) is 18.8. The molecular formula is C25H34N4O2. The number of methoxy groups -OCH3 is 1. The second kappa shape index (κ2) is 10.2. The standard InChI is InChI=1S/C25H34N4O2/c1-21-5-3-4-6-22(21)19-26-11-13-27(14-12-26)20-25(30)29-17-15-28(16-18-29)23-7-9-24(31-2)10-8-23/h3-10H,11-20H2,1-2H3. The molecule has 2 aromatic carbocycles. The summed E-state index contributed by atoms with van der Waals surface area (Å²) in [5.41, 5.74) is 3.95. The smallest absolute Gasteiger partial charge is 0.236 e. The highest BCUT2D eigenvalue weighted by Crippen LogP contribution is 2.20. The van der Waals surface area contributed by atoms with Crippen LogP contribution in [-0.2, 0) is 11.3 Å². The van der Waals surface area contributed by atoms with E-state index in [-0.39, 0.29) is 5.91 Å². The summed E-state index contributed by atoms with van der Waals surface area (Å²) in [4.78, 5) is 22.0. The van der Waals surface area contributed by atoms with Gasteiger partial charge in [0.1, 0.15) is 5.75 Å². The second-order valence-corrected chi connectivity index (χ2v) is 8.54. The fourth-order valence-corrected chi connectivity index (χ4v) is 4.43. The van der Waals surface area contributed by atoms with Crippen molar-refractivity contribution in [3.63, 3.8) is 0 Å². The molecule has 0 atom stereocenters. The number of rotatable bonds is 6. The first-order valence-electron chi connectivity index (χ1n) is 11.3. The van der Waals surface area contributed by atoms with Gasteiger partial charge in [-0.05, 0) is 42.3 Å². The number of hydrogen-bond donors (Lipinski definition) is 0. The van der Waals surface area contributed by atoms with Gasteiger partial charge in [-0.25, -0.2) is 0 Å². The summed E-state index contributed by atoms with van der Waals surface area (Å²) in [6.45, 7) is 11.0. The first-order chi connectivity index (χ1) is 15.1. The highest BCUT2D eigenvalue weighted by molar-refractivity contribution is 5.78. The SMILES string of the molecule is COc1ccc(N2CCN(C(=O)CN3CCN(Cc4ccccc4C)CC3)CC2)cc1. The molecule has 0 aliphatic carbocycles. The lowest BCUT2D eigenvalue weighted by Crippen LogP contribution is -2.53. The Morgan fingerprint density at radius 2 is 1.48 bits per heavy atom. The molecule has 6 heteroatoms. The maximum Gasteiger partial charge on any atom is 0.236 e. The Labute approximate surface area is 186 Å². The molecule has 31 heavy (non-hydrogen) atoms. The molecule has 4 rings (SSSR count). The van der Waals surface area contributed by atoms with E-state index in [1.54, 1.807) is 7.11 Å². The number of ether oxygens (including phenoxy) is 1. The van der Waals surface area contributed by atoms with Crippen LogP contribution in [0.15, 0.2) is 48.5 Å². The van der Waals surface area contributed by atoms with Crippen LogP contribution in [0.25, 0.3) is 0 Å². The Morgan fingerprint density at radius 3 is 2.13 bits per heavy atom. The number of nitrogens with zero attached hydrogens (tertiary/aromatic N) is 4. The first-order valence-corrected chi connectivity index (χ1v) is 11.3. The van der Waals surface area contributed by atoms with Crippen LogP contribution in [0.5, 0.6) is 5.75 Å². The summed E-state index contributed by atoms with van der Waals surface area (Å²) in [5, 5.41) is 0. The largest absolute Gasteiger partial charge is 0.497 e. The normalized spacial score (nSPS) is 18.3. The lowest BCUT2D eigenvalue weighted by atomic mass is 10.1. The van der Waals surface area contributed by atoms with Gasteiger partial charge in [0.15, 0.2) is 0 Å². The molecule has 0 bridgehead atoms. The predicted octanol–water partition coefficient (Wildman–Crippen LogP) is 2.47. The minimum Gasteiger partial charge on any atom is -0.497 e. The van der Waals surface area contributed by atoms with Crippen LogP contribution in [0.4, 0.5) is 5.69 Å². The van der Waals surface area contributed by atoms with Gasteiger partial charge in [-0.15, -0.1) is 0 Å². The molecule has 2 heterocycles. The molecule has 1 amide bonds. The number of anilines is 1. The minimum atomic E-state index is 0.265. The number of hydrogen-bond acceptors (Lipinski definition) is 5. The van der Waals surface area contributed by atoms with Gasteiger partial charge >= 0.3 is 0 Å². The number of aryl methyl sites for hydroxylation is 1. The lowest BCUT2D eigenvalue weighted by molar-refractivity contribution is -0.133. The van der Waals surface area contributed by atoms with Gasteiger partial charge in [0, 0.05) is 64.6 Å². The number of benzene rings is 2. The predicted molar refractivity (Wildman–Crippen MR) is 125 cm³/mol. The van der Waals surface area contributed by atoms with Crippen molar-refractivity contribution >= 4 is 11.6 Å². The Hall–Kier alpha value is -2.57. The summed E-state index contributed by atoms with van der Waals surface area (Å²) in [7, 11) is 1.68. The number of carbonyl (C=O) groups excluding carboxylic acids is 1. The van der Waals surface area contributed by atoms with Gasteiger partial charge < -0.3 is 14.5 Å². The van der Waals surface area contributed by atoms with Crippen molar-refractivity contribution in [1.29, 1.82) is 0 Å². The quantitative estimate of drug-likeness (QED) is 0.715. The molecule has 6 nitrogen and oxygen atoms in total. The van der Waals surface area contributed by atoms with Gasteiger partial charge in [0.2, 0.25) is 5.91 Å². The van der Waals surface area contributed by atoms with Crippen LogP contribution in [0.3, 0.4) is 0 Å². The van der Waals surface area contributed by atoms with Crippen LogP contribution in [0.1, 0.15) is 11.1 Å². The third-order valence-corrected chi connectivity index (χ3v) is 6.55. The monoisotopic (exact) mass is 422 g/mol. The summed E-state index contributed by atoms with van der Waals surface area (Å²) in [6.07, 6.45) is 0. The average Bonchev–Trinajstić information content (AvgIpc) is 2.82. The van der Waals surface area contributed by atoms with Crippen molar-refractivity contribution in [1.82, 2.24) is 14.7 Å². The zero-order valence-corrected chi connectivity index (χ0v) is 18.8. The maximum atomic E-state index is 12.8. The summed E-state index contributed by atoms with van der Waals surface area (Å²) in [5.74, 6) is 1.14. The molecule has 2 saturated heterocycles. The van der Waals surface area contributed by atoms with Crippen molar-refractivity contribution in [3.05, 3.63) is 59.7 Å². The molecule has 0 radical (unpaired) electrons. The van der Waals surface area contributed by atoms with Gasteiger partial charge in [0.25, 0.3) is 0 Å². The van der Waals surface area contributed by atoms with Gasteiger partial charge in [-0.2, -0.15) is 0 Å². The molecule has 0 N–H and O–H groups in total. The molecule has 166 valence electrons. The third-order valence-electron chi connectivity index (χ3n) is 6.55. The Balaban J connectivity index is 1.19. The van der Waals surface area contributed by atoms with Crippen molar-refractivity contribution in [2.24, 2.45) is 0 Å². The van der Waals surface area contributed by atoms with Gasteiger partial charge in [-0.1, -0.05) is 24.3 Å². The minimum absolute atomic E-state index is 0.265. The Kier molecular flexibility index (Phi) is 7.10. The van der Waals surface area contributed by atoms with E-state index >= 15 is 0 Å². The fraction of sp³-hybridized carbons (Fsp3) is 0.480. The molecule has 2 aromatic rings. The van der Waals surface area contributed by atoms with E-state index in [1.807, 2.05) is 17.0 Å². The summed E-state index contributed by atoms with van der Waals surface area (Å²) in [6, 6.07) is 16.8. The van der Waals surface area contributed by atoms with Crippen molar-refractivity contribution in [3.8, 4) is 5.75 Å². The van der Waals surface area contributed by atoms with E-state index in [0.717, 1.165) is 64.7 Å². The van der Waals surface area contributed by atoms with Crippen LogP contribution in [-0.4, -0.2) is 86.6 Å². The molecule has 0 spiro atoms. The molecule has 0 saturated carbocycles. The zero-order chi connectivity index (χ0) is 21.6. The van der Waals surface area contributed by atoms with Crippen molar-refractivity contribution in [2.75, 3.05) is 70.9 Å². The highest BCUT2D eigenvalue weighted by atomic mass is 16.5. The molecule has 0 unspecified atom stereocenters. The fourth-order valence-electron chi connectivity index (χ4n) is 4.43. The second-order valence-electron chi connectivity index (χ2n) is 8.54. The van der Waals surface area contributed by atoms with Crippen LogP contribution in [0.2, 0.25) is 0 Å². The van der Waals surface area contributed by atoms with Crippen molar-refractivity contribution < 1.29 is 9.53 Å². The number of carbonyl (C=O) groups is 1. The average molecular weight is 423 g/mol. The third kappa shape index (κ3) is 5.57. The van der Waals surface area contributed by atoms with Crippen LogP contribution in [0, 0.1) is 6.92 Å². The summed E-state index contributed by atoms with van der Waals surface area (Å²) < 4.78 is 5.24. The van der Waals surface area contributed by atoms with Crippen LogP contribution >= 0.6 is 0 Å². The maximum absolute atomic E-state index is 12.8. The first kappa shape index (κ1) is 21.7. The van der Waals surface area contributed by atoms with Gasteiger partial charge in [-0.3, -0.25) is 14.6 Å². The number of piperazine rings is 2. The summed E-state index contributed by atoms with van der Waals surface area (Å²) >= 11 is 0. The topological polar surface area (TPSA) is 39.3 Å². The van der Waals surface area contributed by atoms with Crippen molar-refractivity contribution in [2.45, 2.75) is 13.5 Å². The van der Waals surface area contributed by atoms with E-state index < -0.39 is 0 Å². The molecular weight excluding hydrogens is 388 g/mol. The van der Waals surface area contributed by atoms with Gasteiger partial charge in [0.05, 0.1) is 13.7 Å². The van der Waals surface area contributed by atoms with E-state index in [0.29, 0.717) is 6.54 Å². The van der Waals surface area contributed by atoms with E-state index in [2.05, 4.69) is 58.0 Å². The molecule has 2 aliphatic rings. The Bertz CT molecular complexity index is 854.